The minimum absolute atomic E-state index is 0.770. The first-order chi connectivity index (χ1) is 5.84. The summed E-state index contributed by atoms with van der Waals surface area (Å²) >= 11 is 3.85. The van der Waals surface area contributed by atoms with Crippen molar-refractivity contribution in [2.45, 2.75) is 6.54 Å². The molecular formula is C7H6IN3S. The van der Waals surface area contributed by atoms with Crippen molar-refractivity contribution in [2.75, 3.05) is 0 Å². The molecule has 12 heavy (non-hydrogen) atoms. The van der Waals surface area contributed by atoms with Gasteiger partial charge in [-0.3, -0.25) is 4.68 Å². The molecule has 2 rings (SSSR count). The van der Waals surface area contributed by atoms with Gasteiger partial charge in [0.1, 0.15) is 0 Å². The van der Waals surface area contributed by atoms with Gasteiger partial charge in [0.25, 0.3) is 0 Å². The van der Waals surface area contributed by atoms with E-state index in [0.29, 0.717) is 0 Å². The van der Waals surface area contributed by atoms with E-state index in [0.717, 1.165) is 15.8 Å². The summed E-state index contributed by atoms with van der Waals surface area (Å²) in [6.07, 6.45) is 3.84. The number of hydrogen-bond donors (Lipinski definition) is 0. The summed E-state index contributed by atoms with van der Waals surface area (Å²) < 4.78 is 3.04. The van der Waals surface area contributed by atoms with Crippen LogP contribution in [-0.2, 0) is 6.54 Å². The highest BCUT2D eigenvalue weighted by atomic mass is 127. The largest absolute Gasteiger partial charge is 0.266 e. The highest BCUT2D eigenvalue weighted by Crippen LogP contribution is 2.05. The van der Waals surface area contributed by atoms with Crippen LogP contribution in [0.4, 0.5) is 0 Å². The number of thiazole rings is 1. The molecule has 0 fully saturated rings. The van der Waals surface area contributed by atoms with Crippen molar-refractivity contribution in [3.8, 4) is 0 Å². The molecule has 0 aromatic carbocycles. The van der Waals surface area contributed by atoms with Crippen molar-refractivity contribution in [2.24, 2.45) is 0 Å². The molecular weight excluding hydrogens is 285 g/mol. The lowest BCUT2D eigenvalue weighted by Gasteiger charge is -1.94. The number of aromatic nitrogens is 3. The molecule has 2 aromatic rings. The Balaban J connectivity index is 2.14. The Bertz CT molecular complexity index is 354. The Morgan fingerprint density at radius 1 is 1.58 bits per heavy atom. The molecule has 0 bridgehead atoms. The lowest BCUT2D eigenvalue weighted by molar-refractivity contribution is 0.675. The average Bonchev–Trinajstić information content (AvgIpc) is 2.63. The van der Waals surface area contributed by atoms with Gasteiger partial charge in [0.2, 0.25) is 0 Å². The van der Waals surface area contributed by atoms with Crippen molar-refractivity contribution in [1.29, 1.82) is 0 Å². The first kappa shape index (κ1) is 8.18. The normalized spacial score (nSPS) is 10.4. The Morgan fingerprint density at radius 2 is 2.50 bits per heavy atom. The molecule has 0 amide bonds. The van der Waals surface area contributed by atoms with Crippen LogP contribution in [0, 0.1) is 3.57 Å². The van der Waals surface area contributed by atoms with Crippen LogP contribution in [0.5, 0.6) is 0 Å². The highest BCUT2D eigenvalue weighted by Gasteiger charge is 1.97. The molecule has 0 radical (unpaired) electrons. The maximum Gasteiger partial charge on any atom is 0.0840 e. The second kappa shape index (κ2) is 3.53. The third kappa shape index (κ3) is 1.84. The zero-order chi connectivity index (χ0) is 8.39. The molecule has 0 aliphatic carbocycles. The average molecular weight is 291 g/mol. The van der Waals surface area contributed by atoms with E-state index in [1.807, 2.05) is 28.0 Å². The topological polar surface area (TPSA) is 30.7 Å². The van der Waals surface area contributed by atoms with Gasteiger partial charge in [-0.1, -0.05) is 0 Å². The van der Waals surface area contributed by atoms with Crippen LogP contribution in [0.2, 0.25) is 0 Å². The molecule has 0 atom stereocenters. The molecule has 0 unspecified atom stereocenters. The summed E-state index contributed by atoms with van der Waals surface area (Å²) in [7, 11) is 0. The summed E-state index contributed by atoms with van der Waals surface area (Å²) in [5.74, 6) is 0. The minimum Gasteiger partial charge on any atom is -0.266 e. The van der Waals surface area contributed by atoms with E-state index in [1.165, 1.54) is 0 Å². The summed E-state index contributed by atoms with van der Waals surface area (Å²) in [6, 6.07) is 0. The van der Waals surface area contributed by atoms with Crippen LogP contribution in [0.1, 0.15) is 5.69 Å². The molecule has 0 spiro atoms. The van der Waals surface area contributed by atoms with Gasteiger partial charge in [0, 0.05) is 11.6 Å². The number of hydrogen-bond acceptors (Lipinski definition) is 3. The first-order valence-corrected chi connectivity index (χ1v) is 5.42. The summed E-state index contributed by atoms with van der Waals surface area (Å²) in [4.78, 5) is 4.18. The van der Waals surface area contributed by atoms with Gasteiger partial charge in [-0.15, -0.1) is 11.3 Å². The van der Waals surface area contributed by atoms with Crippen LogP contribution < -0.4 is 0 Å². The first-order valence-electron chi connectivity index (χ1n) is 3.39. The Labute approximate surface area is 87.6 Å². The molecule has 2 aromatic heterocycles. The van der Waals surface area contributed by atoms with E-state index in [1.54, 1.807) is 11.3 Å². The van der Waals surface area contributed by atoms with Gasteiger partial charge in [-0.25, -0.2) is 4.98 Å². The Hall–Kier alpha value is -0.430. The zero-order valence-electron chi connectivity index (χ0n) is 6.14. The summed E-state index contributed by atoms with van der Waals surface area (Å²) in [5.41, 5.74) is 2.91. The summed E-state index contributed by atoms with van der Waals surface area (Å²) in [6.45, 7) is 0.770. The molecule has 5 heteroatoms. The number of nitrogens with zero attached hydrogens (tertiary/aromatic N) is 3. The molecule has 0 aliphatic heterocycles. The molecule has 62 valence electrons. The smallest absolute Gasteiger partial charge is 0.0840 e. The van der Waals surface area contributed by atoms with Gasteiger partial charge in [0.15, 0.2) is 0 Å². The van der Waals surface area contributed by atoms with E-state index >= 15 is 0 Å². The second-order valence-corrected chi connectivity index (χ2v) is 4.30. The van der Waals surface area contributed by atoms with Crippen molar-refractivity contribution < 1.29 is 0 Å². The number of rotatable bonds is 2. The van der Waals surface area contributed by atoms with Crippen LogP contribution in [0.15, 0.2) is 23.3 Å². The molecule has 2 heterocycles. The molecule has 3 nitrogen and oxygen atoms in total. The third-order valence-corrected chi connectivity index (χ3v) is 2.60. The fourth-order valence-corrected chi connectivity index (χ4v) is 1.90. The van der Waals surface area contributed by atoms with E-state index in [4.69, 9.17) is 0 Å². The Kier molecular flexibility index (Phi) is 2.40. The second-order valence-electron chi connectivity index (χ2n) is 2.34. The van der Waals surface area contributed by atoms with E-state index < -0.39 is 0 Å². The zero-order valence-corrected chi connectivity index (χ0v) is 9.12. The van der Waals surface area contributed by atoms with Gasteiger partial charge in [0.05, 0.1) is 27.5 Å². The van der Waals surface area contributed by atoms with Crippen LogP contribution in [0.3, 0.4) is 0 Å². The van der Waals surface area contributed by atoms with Gasteiger partial charge >= 0.3 is 0 Å². The Morgan fingerprint density at radius 3 is 3.08 bits per heavy atom. The van der Waals surface area contributed by atoms with Crippen LogP contribution >= 0.6 is 33.9 Å². The fourth-order valence-electron chi connectivity index (χ4n) is 0.906. The van der Waals surface area contributed by atoms with Gasteiger partial charge < -0.3 is 0 Å². The lowest BCUT2D eigenvalue weighted by atomic mass is 10.5. The minimum atomic E-state index is 0.770. The van der Waals surface area contributed by atoms with Crippen molar-refractivity contribution in [3.63, 3.8) is 0 Å². The quantitative estimate of drug-likeness (QED) is 0.792. The predicted octanol–water partition coefficient (Wildman–Crippen LogP) is 1.99. The molecule has 0 saturated carbocycles. The SMILES string of the molecule is Ic1cnn(Cc2cscn2)c1. The van der Waals surface area contributed by atoms with Crippen molar-refractivity contribution in [1.82, 2.24) is 14.8 Å². The summed E-state index contributed by atoms with van der Waals surface area (Å²) in [5, 5.41) is 6.20. The maximum atomic E-state index is 4.18. The van der Waals surface area contributed by atoms with Gasteiger partial charge in [-0.05, 0) is 22.6 Å². The number of halogens is 1. The monoisotopic (exact) mass is 291 g/mol. The maximum absolute atomic E-state index is 4.18. The highest BCUT2D eigenvalue weighted by molar-refractivity contribution is 14.1. The van der Waals surface area contributed by atoms with Crippen LogP contribution in [-0.4, -0.2) is 14.8 Å². The van der Waals surface area contributed by atoms with Crippen molar-refractivity contribution in [3.05, 3.63) is 32.5 Å². The lowest BCUT2D eigenvalue weighted by Crippen LogP contribution is -1.99. The standard InChI is InChI=1S/C7H6IN3S/c8-6-1-10-11(2-6)3-7-4-12-5-9-7/h1-2,4-5H,3H2. The molecule has 0 N–H and O–H groups in total. The predicted molar refractivity (Wildman–Crippen MR) is 56.2 cm³/mol. The molecule has 0 aliphatic rings. The van der Waals surface area contributed by atoms with Gasteiger partial charge in [-0.2, -0.15) is 5.10 Å². The van der Waals surface area contributed by atoms with E-state index in [9.17, 15) is 0 Å². The van der Waals surface area contributed by atoms with E-state index in [-0.39, 0.29) is 0 Å². The van der Waals surface area contributed by atoms with E-state index in [2.05, 4.69) is 32.7 Å². The molecule has 0 saturated heterocycles. The van der Waals surface area contributed by atoms with Crippen LogP contribution in [0.25, 0.3) is 0 Å². The fraction of sp³-hybridized carbons (Fsp3) is 0.143. The van der Waals surface area contributed by atoms with Crippen molar-refractivity contribution >= 4 is 33.9 Å². The third-order valence-electron chi connectivity index (χ3n) is 1.41.